The van der Waals surface area contributed by atoms with Crippen molar-refractivity contribution in [1.82, 2.24) is 15.5 Å². The van der Waals surface area contributed by atoms with Gasteiger partial charge in [-0.15, -0.1) is 10.2 Å². The Bertz CT molecular complexity index is 809. The highest BCUT2D eigenvalue weighted by Crippen LogP contribution is 2.60. The molecule has 2 aromatic rings. The minimum Gasteiger partial charge on any atom is -0.497 e. The molecule has 1 amide bonds. The summed E-state index contributed by atoms with van der Waals surface area (Å²) in [6, 6.07) is 7.98. The van der Waals surface area contributed by atoms with E-state index in [0.29, 0.717) is 42.4 Å². The summed E-state index contributed by atoms with van der Waals surface area (Å²) < 4.78 is 10.9. The zero-order chi connectivity index (χ0) is 20.1. The summed E-state index contributed by atoms with van der Waals surface area (Å²) in [6.07, 6.45) is 10.5. The van der Waals surface area contributed by atoms with Crippen LogP contribution in [-0.2, 0) is 24.1 Å². The van der Waals surface area contributed by atoms with Crippen molar-refractivity contribution in [3.05, 3.63) is 41.6 Å². The predicted octanol–water partition coefficient (Wildman–Crippen LogP) is 3.88. The van der Waals surface area contributed by atoms with Gasteiger partial charge in [-0.3, -0.25) is 4.79 Å². The fourth-order valence-electron chi connectivity index (χ4n) is 4.67. The summed E-state index contributed by atoms with van der Waals surface area (Å²) in [5, 5.41) is 11.3. The molecule has 2 saturated carbocycles. The first-order valence-corrected chi connectivity index (χ1v) is 10.9. The summed E-state index contributed by atoms with van der Waals surface area (Å²) in [6.45, 7) is 0.829. The van der Waals surface area contributed by atoms with Crippen molar-refractivity contribution in [3.63, 3.8) is 0 Å². The first kappa shape index (κ1) is 19.9. The second-order valence-corrected chi connectivity index (χ2v) is 8.57. The number of carbonyl (C=O) groups is 1. The Labute approximate surface area is 172 Å². The summed E-state index contributed by atoms with van der Waals surface area (Å²) in [7, 11) is 1.66. The fourth-order valence-corrected chi connectivity index (χ4v) is 4.67. The highest BCUT2D eigenvalue weighted by Gasteiger charge is 2.53. The first-order valence-electron chi connectivity index (χ1n) is 10.9. The van der Waals surface area contributed by atoms with Crippen LogP contribution >= 0.6 is 0 Å². The maximum Gasteiger partial charge on any atom is 0.220 e. The van der Waals surface area contributed by atoms with Crippen LogP contribution < -0.4 is 10.1 Å². The van der Waals surface area contributed by atoms with E-state index in [4.69, 9.17) is 9.15 Å². The molecule has 2 aliphatic carbocycles. The molecular weight excluding hydrogens is 366 g/mol. The number of rotatable bonds is 9. The zero-order valence-electron chi connectivity index (χ0n) is 17.3. The van der Waals surface area contributed by atoms with E-state index in [-0.39, 0.29) is 5.91 Å². The predicted molar refractivity (Wildman–Crippen MR) is 110 cm³/mol. The molecular formula is C23H31N3O3. The molecule has 6 nitrogen and oxygen atoms in total. The van der Waals surface area contributed by atoms with Crippen molar-refractivity contribution in [2.75, 3.05) is 13.7 Å². The average Bonchev–Trinajstić information content (AvgIpc) is 3.20. The highest BCUT2D eigenvalue weighted by molar-refractivity contribution is 5.76. The Balaban J connectivity index is 1.15. The van der Waals surface area contributed by atoms with Gasteiger partial charge >= 0.3 is 0 Å². The second-order valence-electron chi connectivity index (χ2n) is 8.57. The van der Waals surface area contributed by atoms with Crippen molar-refractivity contribution in [2.24, 2.45) is 11.3 Å². The molecule has 0 saturated heterocycles. The van der Waals surface area contributed by atoms with Gasteiger partial charge in [-0.2, -0.15) is 0 Å². The van der Waals surface area contributed by atoms with Gasteiger partial charge in [0.25, 0.3) is 0 Å². The Hall–Kier alpha value is -2.37. The number of ether oxygens (including phenoxy) is 1. The molecule has 0 radical (unpaired) electrons. The Morgan fingerprint density at radius 2 is 1.83 bits per heavy atom. The molecule has 29 heavy (non-hydrogen) atoms. The second kappa shape index (κ2) is 8.97. The first-order chi connectivity index (χ1) is 14.2. The van der Waals surface area contributed by atoms with Gasteiger partial charge in [0.2, 0.25) is 17.7 Å². The van der Waals surface area contributed by atoms with Crippen LogP contribution in [0.25, 0.3) is 0 Å². The van der Waals surface area contributed by atoms with Crippen molar-refractivity contribution < 1.29 is 13.9 Å². The minimum atomic E-state index is 0.0841. The highest BCUT2D eigenvalue weighted by atomic mass is 16.5. The Morgan fingerprint density at radius 3 is 2.55 bits per heavy atom. The molecule has 1 unspecified atom stereocenters. The molecule has 1 heterocycles. The van der Waals surface area contributed by atoms with Crippen LogP contribution in [0.1, 0.15) is 62.3 Å². The van der Waals surface area contributed by atoms with Gasteiger partial charge in [-0.05, 0) is 54.7 Å². The molecule has 1 aromatic heterocycles. The van der Waals surface area contributed by atoms with Crippen LogP contribution in [0.2, 0.25) is 0 Å². The molecule has 1 atom stereocenters. The lowest BCUT2D eigenvalue weighted by molar-refractivity contribution is -0.121. The third-order valence-corrected chi connectivity index (χ3v) is 6.62. The number of nitrogens with zero attached hydrogens (tertiary/aromatic N) is 2. The Kier molecular flexibility index (Phi) is 6.16. The van der Waals surface area contributed by atoms with Gasteiger partial charge in [0.1, 0.15) is 5.75 Å². The molecule has 1 aromatic carbocycles. The molecule has 2 aliphatic rings. The summed E-state index contributed by atoms with van der Waals surface area (Å²) >= 11 is 0. The quantitative estimate of drug-likeness (QED) is 0.695. The van der Waals surface area contributed by atoms with E-state index < -0.39 is 0 Å². The summed E-state index contributed by atoms with van der Waals surface area (Å²) in [5.41, 5.74) is 1.76. The molecule has 4 rings (SSSR count). The van der Waals surface area contributed by atoms with Crippen LogP contribution in [0.3, 0.4) is 0 Å². The molecule has 6 heteroatoms. The van der Waals surface area contributed by atoms with Crippen LogP contribution in [0.15, 0.2) is 28.7 Å². The largest absolute Gasteiger partial charge is 0.497 e. The van der Waals surface area contributed by atoms with Crippen LogP contribution in [0, 0.1) is 11.3 Å². The molecule has 1 spiro atoms. The maximum absolute atomic E-state index is 12.2. The van der Waals surface area contributed by atoms with Crippen molar-refractivity contribution in [1.29, 1.82) is 0 Å². The monoisotopic (exact) mass is 397 g/mol. The molecule has 0 bridgehead atoms. The van der Waals surface area contributed by atoms with E-state index in [2.05, 4.69) is 15.5 Å². The number of amides is 1. The van der Waals surface area contributed by atoms with Gasteiger partial charge in [0, 0.05) is 25.8 Å². The number of aromatic nitrogens is 2. The third-order valence-electron chi connectivity index (χ3n) is 6.62. The number of nitrogens with one attached hydrogen (secondary N) is 1. The van der Waals surface area contributed by atoms with Crippen molar-refractivity contribution in [3.8, 4) is 5.75 Å². The molecule has 0 aliphatic heterocycles. The topological polar surface area (TPSA) is 77.2 Å². The van der Waals surface area contributed by atoms with E-state index in [0.717, 1.165) is 18.7 Å². The van der Waals surface area contributed by atoms with E-state index in [1.165, 1.54) is 44.1 Å². The van der Waals surface area contributed by atoms with Crippen molar-refractivity contribution in [2.45, 2.75) is 64.2 Å². The van der Waals surface area contributed by atoms with E-state index >= 15 is 0 Å². The molecule has 156 valence electrons. The number of benzene rings is 1. The van der Waals surface area contributed by atoms with Crippen LogP contribution in [0.5, 0.6) is 5.75 Å². The van der Waals surface area contributed by atoms with Gasteiger partial charge in [-0.1, -0.05) is 31.4 Å². The third kappa shape index (κ3) is 5.17. The van der Waals surface area contributed by atoms with Gasteiger partial charge in [0.05, 0.1) is 7.11 Å². The zero-order valence-corrected chi connectivity index (χ0v) is 17.3. The lowest BCUT2D eigenvalue weighted by Gasteiger charge is -2.22. The smallest absolute Gasteiger partial charge is 0.220 e. The number of methoxy groups -OCH3 is 1. The Morgan fingerprint density at radius 1 is 1.10 bits per heavy atom. The van der Waals surface area contributed by atoms with Crippen LogP contribution in [-0.4, -0.2) is 29.8 Å². The normalized spacial score (nSPS) is 19.8. The van der Waals surface area contributed by atoms with Crippen LogP contribution in [0.4, 0.5) is 0 Å². The fraction of sp³-hybridized carbons (Fsp3) is 0.609. The average molecular weight is 398 g/mol. The summed E-state index contributed by atoms with van der Waals surface area (Å²) in [4.78, 5) is 12.2. The maximum atomic E-state index is 12.2. The SMILES string of the molecule is COc1ccc(CCc2nnc(CCC(=O)NCC3CC34CCCCC4)o2)cc1. The molecule has 1 N–H and O–H groups in total. The number of aryl methyl sites for hydroxylation is 3. The number of hydrogen-bond acceptors (Lipinski definition) is 5. The molecule has 2 fully saturated rings. The lowest BCUT2D eigenvalue weighted by Crippen LogP contribution is -2.27. The van der Waals surface area contributed by atoms with Gasteiger partial charge < -0.3 is 14.5 Å². The minimum absolute atomic E-state index is 0.0841. The van der Waals surface area contributed by atoms with Gasteiger partial charge in [-0.25, -0.2) is 0 Å². The van der Waals surface area contributed by atoms with E-state index in [1.54, 1.807) is 7.11 Å². The summed E-state index contributed by atoms with van der Waals surface area (Å²) in [5.74, 6) is 2.79. The standard InChI is InChI=1S/C23H31N3O3/c1-28-19-8-5-17(6-9-19)7-11-21-25-26-22(29-21)12-10-20(27)24-16-18-15-23(18)13-3-2-4-14-23/h5-6,8-9,18H,2-4,7,10-16H2,1H3,(H,24,27). The van der Waals surface area contributed by atoms with Crippen molar-refractivity contribution >= 4 is 5.91 Å². The van der Waals surface area contributed by atoms with Gasteiger partial charge in [0.15, 0.2) is 0 Å². The number of hydrogen-bond donors (Lipinski definition) is 1. The van der Waals surface area contributed by atoms with E-state index in [9.17, 15) is 4.79 Å². The van der Waals surface area contributed by atoms with E-state index in [1.807, 2.05) is 24.3 Å². The number of carbonyl (C=O) groups excluding carboxylic acids is 1. The lowest BCUT2D eigenvalue weighted by atomic mass is 9.84.